The van der Waals surface area contributed by atoms with Crippen molar-refractivity contribution in [2.45, 2.75) is 4.90 Å². The van der Waals surface area contributed by atoms with Gasteiger partial charge in [0.1, 0.15) is 10.6 Å². The van der Waals surface area contributed by atoms with Crippen LogP contribution in [0.2, 0.25) is 0 Å². The Morgan fingerprint density at radius 2 is 1.81 bits per heavy atom. The van der Waals surface area contributed by atoms with E-state index < -0.39 is 10.1 Å². The van der Waals surface area contributed by atoms with E-state index in [1.54, 1.807) is 66.0 Å². The maximum atomic E-state index is 12.7. The molecule has 3 heterocycles. The average molecular weight is 448 g/mol. The van der Waals surface area contributed by atoms with E-state index in [1.165, 1.54) is 28.8 Å². The van der Waals surface area contributed by atoms with Crippen LogP contribution in [0.3, 0.4) is 0 Å². The van der Waals surface area contributed by atoms with Gasteiger partial charge in [0.25, 0.3) is 0 Å². The van der Waals surface area contributed by atoms with Crippen LogP contribution in [0.15, 0.2) is 90.6 Å². The topological polar surface area (TPSA) is 124 Å². The SMILES string of the molecule is O=C(Nc1nc2ccc(OS(=O)(=O)c3ccc(-n4ccnc4)cc3)cc2[nH]1)n1cccc1. The molecule has 3 aromatic heterocycles. The Morgan fingerprint density at radius 1 is 1.03 bits per heavy atom. The van der Waals surface area contributed by atoms with Crippen LogP contribution in [0, 0.1) is 0 Å². The largest absolute Gasteiger partial charge is 0.379 e. The molecule has 2 N–H and O–H groups in total. The first kappa shape index (κ1) is 19.6. The van der Waals surface area contributed by atoms with Crippen LogP contribution in [0.1, 0.15) is 0 Å². The molecule has 0 fully saturated rings. The molecule has 0 aliphatic carbocycles. The zero-order valence-electron chi connectivity index (χ0n) is 16.4. The molecule has 5 aromatic rings. The van der Waals surface area contributed by atoms with Gasteiger partial charge in [-0.05, 0) is 48.5 Å². The number of benzene rings is 2. The van der Waals surface area contributed by atoms with Gasteiger partial charge in [-0.2, -0.15) is 8.42 Å². The number of rotatable bonds is 5. The molecule has 0 aliphatic heterocycles. The van der Waals surface area contributed by atoms with Crippen molar-refractivity contribution < 1.29 is 17.4 Å². The molecule has 0 saturated heterocycles. The Kier molecular flexibility index (Phi) is 4.71. The molecular formula is C21H16N6O4S. The van der Waals surface area contributed by atoms with Crippen molar-refractivity contribution >= 4 is 33.1 Å². The van der Waals surface area contributed by atoms with Crippen molar-refractivity contribution in [3.63, 3.8) is 0 Å². The lowest BCUT2D eigenvalue weighted by Gasteiger charge is -2.08. The highest BCUT2D eigenvalue weighted by molar-refractivity contribution is 7.87. The van der Waals surface area contributed by atoms with E-state index in [0.717, 1.165) is 5.69 Å². The summed E-state index contributed by atoms with van der Waals surface area (Å²) in [5, 5.41) is 2.64. The lowest BCUT2D eigenvalue weighted by atomic mass is 10.3. The lowest BCUT2D eigenvalue weighted by molar-refractivity contribution is 0.253. The molecular weight excluding hydrogens is 432 g/mol. The van der Waals surface area contributed by atoms with Gasteiger partial charge in [0, 0.05) is 36.5 Å². The maximum Gasteiger partial charge on any atom is 0.339 e. The molecule has 32 heavy (non-hydrogen) atoms. The zero-order valence-corrected chi connectivity index (χ0v) is 17.2. The Bertz CT molecular complexity index is 1490. The molecule has 0 bridgehead atoms. The first-order chi connectivity index (χ1) is 15.5. The Balaban J connectivity index is 1.34. The Hall–Kier alpha value is -4.38. The van der Waals surface area contributed by atoms with Gasteiger partial charge in [-0.1, -0.05) is 0 Å². The van der Waals surface area contributed by atoms with Crippen molar-refractivity contribution in [1.82, 2.24) is 24.1 Å². The van der Waals surface area contributed by atoms with E-state index in [0.29, 0.717) is 11.0 Å². The minimum Gasteiger partial charge on any atom is -0.379 e. The van der Waals surface area contributed by atoms with Gasteiger partial charge >= 0.3 is 16.1 Å². The number of hydrogen-bond acceptors (Lipinski definition) is 6. The molecule has 160 valence electrons. The highest BCUT2D eigenvalue weighted by Crippen LogP contribution is 2.24. The number of aromatic amines is 1. The molecule has 0 atom stereocenters. The zero-order chi connectivity index (χ0) is 22.1. The second kappa shape index (κ2) is 7.71. The number of nitrogens with one attached hydrogen (secondary N) is 2. The normalized spacial score (nSPS) is 11.5. The van der Waals surface area contributed by atoms with E-state index >= 15 is 0 Å². The predicted octanol–water partition coefficient (Wildman–Crippen LogP) is 3.40. The number of carbonyl (C=O) groups is 1. The van der Waals surface area contributed by atoms with Crippen molar-refractivity contribution in [3.8, 4) is 11.4 Å². The quantitative estimate of drug-likeness (QED) is 0.397. The van der Waals surface area contributed by atoms with Gasteiger partial charge in [0.2, 0.25) is 5.95 Å². The number of H-pyrrole nitrogens is 1. The summed E-state index contributed by atoms with van der Waals surface area (Å²) in [6, 6.07) is 13.9. The van der Waals surface area contributed by atoms with Crippen LogP contribution < -0.4 is 9.50 Å². The summed E-state index contributed by atoms with van der Waals surface area (Å²) in [4.78, 5) is 23.3. The smallest absolute Gasteiger partial charge is 0.339 e. The van der Waals surface area contributed by atoms with Gasteiger partial charge in [-0.25, -0.2) is 14.8 Å². The fourth-order valence-electron chi connectivity index (χ4n) is 3.11. The van der Waals surface area contributed by atoms with Crippen LogP contribution in [0.25, 0.3) is 16.7 Å². The van der Waals surface area contributed by atoms with Gasteiger partial charge in [0.05, 0.1) is 17.4 Å². The van der Waals surface area contributed by atoms with Crippen molar-refractivity contribution in [2.24, 2.45) is 0 Å². The second-order valence-corrected chi connectivity index (χ2v) is 8.33. The summed E-state index contributed by atoms with van der Waals surface area (Å²) in [6.45, 7) is 0. The monoisotopic (exact) mass is 448 g/mol. The van der Waals surface area contributed by atoms with Crippen LogP contribution in [0.4, 0.5) is 10.7 Å². The number of anilines is 1. The summed E-state index contributed by atoms with van der Waals surface area (Å²) in [7, 11) is -4.04. The summed E-state index contributed by atoms with van der Waals surface area (Å²) in [5.41, 5.74) is 1.83. The third kappa shape index (κ3) is 3.84. The van der Waals surface area contributed by atoms with Crippen LogP contribution in [-0.4, -0.2) is 38.5 Å². The molecule has 5 rings (SSSR count). The van der Waals surface area contributed by atoms with E-state index in [-0.39, 0.29) is 22.6 Å². The fourth-order valence-corrected chi connectivity index (χ4v) is 4.03. The van der Waals surface area contributed by atoms with Crippen LogP contribution in [-0.2, 0) is 10.1 Å². The van der Waals surface area contributed by atoms with Gasteiger partial charge in [-0.3, -0.25) is 9.88 Å². The number of carbonyl (C=O) groups excluding carboxylic acids is 1. The van der Waals surface area contributed by atoms with Gasteiger partial charge < -0.3 is 13.7 Å². The lowest BCUT2D eigenvalue weighted by Crippen LogP contribution is -2.18. The average Bonchev–Trinajstić information content (AvgIpc) is 3.54. The van der Waals surface area contributed by atoms with E-state index in [4.69, 9.17) is 4.18 Å². The summed E-state index contributed by atoms with van der Waals surface area (Å²) < 4.78 is 33.8. The minimum atomic E-state index is -4.04. The summed E-state index contributed by atoms with van der Waals surface area (Å²) in [5.74, 6) is 0.344. The molecule has 0 unspecified atom stereocenters. The first-order valence-electron chi connectivity index (χ1n) is 9.45. The van der Waals surface area contributed by atoms with Crippen molar-refractivity contribution in [1.29, 1.82) is 0 Å². The highest BCUT2D eigenvalue weighted by atomic mass is 32.2. The molecule has 0 aliphatic rings. The van der Waals surface area contributed by atoms with Crippen LogP contribution >= 0.6 is 0 Å². The Morgan fingerprint density at radius 3 is 2.53 bits per heavy atom. The molecule has 0 saturated carbocycles. The number of fused-ring (bicyclic) bond motifs is 1. The number of imidazole rings is 2. The number of amides is 1. The van der Waals surface area contributed by atoms with Gasteiger partial charge in [-0.15, -0.1) is 0 Å². The van der Waals surface area contributed by atoms with E-state index in [2.05, 4.69) is 20.3 Å². The number of aromatic nitrogens is 5. The maximum absolute atomic E-state index is 12.7. The third-order valence-corrected chi connectivity index (χ3v) is 5.91. The summed E-state index contributed by atoms with van der Waals surface area (Å²) in [6.07, 6.45) is 8.23. The summed E-state index contributed by atoms with van der Waals surface area (Å²) >= 11 is 0. The highest BCUT2D eigenvalue weighted by Gasteiger charge is 2.18. The number of hydrogen-bond donors (Lipinski definition) is 2. The molecule has 2 aromatic carbocycles. The van der Waals surface area contributed by atoms with E-state index in [1.807, 2.05) is 0 Å². The van der Waals surface area contributed by atoms with Crippen molar-refractivity contribution in [3.05, 3.63) is 85.7 Å². The van der Waals surface area contributed by atoms with Gasteiger partial charge in [0.15, 0.2) is 0 Å². The van der Waals surface area contributed by atoms with Crippen molar-refractivity contribution in [2.75, 3.05) is 5.32 Å². The van der Waals surface area contributed by atoms with Crippen LogP contribution in [0.5, 0.6) is 5.75 Å². The predicted molar refractivity (Wildman–Crippen MR) is 116 cm³/mol. The molecule has 10 nitrogen and oxygen atoms in total. The second-order valence-electron chi connectivity index (χ2n) is 6.79. The molecule has 0 spiro atoms. The molecule has 0 radical (unpaired) electrons. The standard InChI is InChI=1S/C21H16N6O4S/c28-21(26-10-1-2-11-26)25-20-23-18-8-5-16(13-19(18)24-20)31-32(29,30)17-6-3-15(4-7-17)27-12-9-22-14-27/h1-14H,(H2,23,24,25,28). The number of nitrogens with zero attached hydrogens (tertiary/aromatic N) is 4. The third-order valence-electron chi connectivity index (χ3n) is 4.65. The molecule has 1 amide bonds. The van der Waals surface area contributed by atoms with E-state index in [9.17, 15) is 13.2 Å². The first-order valence-corrected chi connectivity index (χ1v) is 10.9. The minimum absolute atomic E-state index is 0.0192. The Labute approximate surface area is 182 Å². The molecule has 11 heteroatoms. The fraction of sp³-hybridized carbons (Fsp3) is 0.